The summed E-state index contributed by atoms with van der Waals surface area (Å²) in [7, 11) is 0. The molecular weight excluding hydrogens is 694 g/mol. The largest absolute Gasteiger partial charge is 0.486 e. The zero-order valence-corrected chi connectivity index (χ0v) is 32.3. The number of rotatable bonds is 11. The van der Waals surface area contributed by atoms with E-state index in [0.717, 1.165) is 29.9 Å². The van der Waals surface area contributed by atoms with E-state index in [2.05, 4.69) is 44.2 Å². The Balaban J connectivity index is 1.16. The molecule has 0 unspecified atom stereocenters. The smallest absolute Gasteiger partial charge is 0.410 e. The Morgan fingerprint density at radius 3 is 2.44 bits per heavy atom. The van der Waals surface area contributed by atoms with Crippen LogP contribution in [0.2, 0.25) is 0 Å². The number of piperazine rings is 1. The Bertz CT molecular complexity index is 1810. The van der Waals surface area contributed by atoms with Crippen molar-refractivity contribution in [1.29, 1.82) is 0 Å². The van der Waals surface area contributed by atoms with Gasteiger partial charge in [0.25, 0.3) is 5.91 Å². The monoisotopic (exact) mass is 747 g/mol. The highest BCUT2D eigenvalue weighted by Gasteiger charge is 2.37. The molecule has 3 aromatic rings. The summed E-state index contributed by atoms with van der Waals surface area (Å²) >= 11 is 0. The van der Waals surface area contributed by atoms with Crippen molar-refractivity contribution in [2.75, 3.05) is 56.0 Å². The van der Waals surface area contributed by atoms with Crippen LogP contribution >= 0.6 is 0 Å². The lowest BCUT2D eigenvalue weighted by Gasteiger charge is -2.40. The van der Waals surface area contributed by atoms with E-state index < -0.39 is 29.7 Å². The summed E-state index contributed by atoms with van der Waals surface area (Å²) in [6.07, 6.45) is 0.0134. The number of ether oxygens (including phenoxy) is 2. The molecule has 54 heavy (non-hydrogen) atoms. The van der Waals surface area contributed by atoms with Gasteiger partial charge in [-0.1, -0.05) is 6.07 Å². The van der Waals surface area contributed by atoms with Crippen LogP contribution in [0.3, 0.4) is 0 Å². The van der Waals surface area contributed by atoms with Crippen LogP contribution < -0.4 is 20.3 Å². The van der Waals surface area contributed by atoms with Crippen LogP contribution in [0, 0.1) is 6.92 Å². The quantitative estimate of drug-likeness (QED) is 0.261. The molecule has 5 heterocycles. The van der Waals surface area contributed by atoms with E-state index in [4.69, 9.17) is 18.9 Å². The molecular formula is C38H53N9O7. The summed E-state index contributed by atoms with van der Waals surface area (Å²) in [4.78, 5) is 60.3. The molecule has 3 amide bonds. The maximum Gasteiger partial charge on any atom is 0.410 e. The van der Waals surface area contributed by atoms with E-state index in [1.54, 1.807) is 38.7 Å². The number of nitrogens with one attached hydrogen (secondary N) is 2. The first-order valence-electron chi connectivity index (χ1n) is 18.6. The molecule has 3 aliphatic rings. The van der Waals surface area contributed by atoms with Crippen LogP contribution in [-0.4, -0.2) is 128 Å². The molecule has 16 heteroatoms. The summed E-state index contributed by atoms with van der Waals surface area (Å²) in [6, 6.07) is 6.99. The number of nitrogens with zero attached hydrogens (tertiary/aromatic N) is 7. The van der Waals surface area contributed by atoms with Crippen LogP contribution in [0.4, 0.5) is 16.6 Å². The third-order valence-electron chi connectivity index (χ3n) is 10.1. The minimum atomic E-state index is -1.13. The number of hydrogen-bond donors (Lipinski definition) is 3. The van der Waals surface area contributed by atoms with Gasteiger partial charge in [0.05, 0.1) is 23.9 Å². The molecule has 0 spiro atoms. The summed E-state index contributed by atoms with van der Waals surface area (Å²) in [5.41, 5.74) is 1.95. The molecule has 292 valence electrons. The molecule has 2 saturated heterocycles. The maximum absolute atomic E-state index is 13.7. The van der Waals surface area contributed by atoms with Gasteiger partial charge in [0.1, 0.15) is 29.5 Å². The first-order valence-corrected chi connectivity index (χ1v) is 18.6. The Hall–Kier alpha value is -4.96. The summed E-state index contributed by atoms with van der Waals surface area (Å²) in [5.74, 6) is 1.69. The zero-order valence-electron chi connectivity index (χ0n) is 32.3. The topological polar surface area (TPSA) is 179 Å². The van der Waals surface area contributed by atoms with Gasteiger partial charge in [-0.2, -0.15) is 4.98 Å². The van der Waals surface area contributed by atoms with Crippen molar-refractivity contribution in [3.63, 3.8) is 0 Å². The molecule has 0 saturated carbocycles. The predicted octanol–water partition coefficient (Wildman–Crippen LogP) is 2.98. The van der Waals surface area contributed by atoms with Crippen molar-refractivity contribution >= 4 is 29.7 Å². The van der Waals surface area contributed by atoms with Gasteiger partial charge in [0.2, 0.25) is 11.9 Å². The molecule has 0 bridgehead atoms. The Morgan fingerprint density at radius 2 is 1.80 bits per heavy atom. The summed E-state index contributed by atoms with van der Waals surface area (Å²) < 4.78 is 17.1. The van der Waals surface area contributed by atoms with Crippen LogP contribution in [0.25, 0.3) is 0 Å². The number of aliphatic hydroxyl groups excluding tert-OH is 1. The van der Waals surface area contributed by atoms with E-state index in [1.165, 1.54) is 11.3 Å². The van der Waals surface area contributed by atoms with E-state index >= 15 is 0 Å². The number of anilines is 2. The summed E-state index contributed by atoms with van der Waals surface area (Å²) in [6.45, 7) is 17.6. The Morgan fingerprint density at radius 1 is 1.06 bits per heavy atom. The van der Waals surface area contributed by atoms with Crippen molar-refractivity contribution in [2.24, 2.45) is 0 Å². The number of amides is 3. The molecule has 2 aromatic heterocycles. The lowest BCUT2D eigenvalue weighted by atomic mass is 9.91. The first-order chi connectivity index (χ1) is 25.6. The molecule has 0 radical (unpaired) electrons. The van der Waals surface area contributed by atoms with Gasteiger partial charge in [-0.3, -0.25) is 19.4 Å². The van der Waals surface area contributed by atoms with E-state index in [-0.39, 0.29) is 37.3 Å². The average Bonchev–Trinajstić information content (AvgIpc) is 3.53. The van der Waals surface area contributed by atoms with Gasteiger partial charge in [0.15, 0.2) is 12.2 Å². The van der Waals surface area contributed by atoms with Gasteiger partial charge >= 0.3 is 6.09 Å². The van der Waals surface area contributed by atoms with Crippen molar-refractivity contribution in [3.8, 4) is 5.75 Å². The standard InChI is InChI=1S/C38H53N9O7/c1-23(2)44-10-12-45(13-11-44)36-42-30(16-34(43-36)41-28-19-46(20-28)25(4)48)35(50)39-17-32(49)31-15-26-8-9-29(52-21-33-24(3)40-22-53-33)14-27(26)18-47(31)37(51)54-38(5,6)7/h8-9,14,16,22-23,28,31-32,49H,10-13,15,17-21H2,1-7H3,(H,39,50)(H,41,42,43)/t31-,32+/m0/s1. The first kappa shape index (κ1) is 38.8. The minimum absolute atomic E-state index is 0.000310. The second-order valence-electron chi connectivity index (χ2n) is 15.6. The Labute approximate surface area is 316 Å². The molecule has 2 fully saturated rings. The van der Waals surface area contributed by atoms with Crippen molar-refractivity contribution in [3.05, 3.63) is 58.9 Å². The highest BCUT2D eigenvalue weighted by Crippen LogP contribution is 2.30. The molecule has 3 N–H and O–H groups in total. The zero-order chi connectivity index (χ0) is 38.7. The van der Waals surface area contributed by atoms with Crippen LogP contribution in [0.5, 0.6) is 5.75 Å². The van der Waals surface area contributed by atoms with Gasteiger partial charge in [-0.25, -0.2) is 14.8 Å². The normalized spacial score (nSPS) is 18.5. The van der Waals surface area contributed by atoms with Crippen molar-refractivity contribution in [2.45, 2.75) is 97.9 Å². The highest BCUT2D eigenvalue weighted by molar-refractivity contribution is 5.93. The lowest BCUT2D eigenvalue weighted by molar-refractivity contribution is -0.132. The number of oxazole rings is 1. The fourth-order valence-electron chi connectivity index (χ4n) is 6.82. The molecule has 1 aromatic carbocycles. The average molecular weight is 748 g/mol. The molecule has 16 nitrogen and oxygen atoms in total. The van der Waals surface area contributed by atoms with Crippen LogP contribution in [0.1, 0.15) is 74.6 Å². The molecule has 3 aliphatic heterocycles. The second-order valence-corrected chi connectivity index (χ2v) is 15.6. The van der Waals surface area contributed by atoms with Crippen molar-refractivity contribution < 1.29 is 33.4 Å². The number of fused-ring (bicyclic) bond motifs is 1. The number of aliphatic hydroxyl groups is 1. The van der Waals surface area contributed by atoms with Gasteiger partial charge in [-0.05, 0) is 71.2 Å². The molecule has 6 rings (SSSR count). The molecule has 0 aliphatic carbocycles. The third-order valence-corrected chi connectivity index (χ3v) is 10.1. The SMILES string of the molecule is CC(=O)N1CC(Nc2cc(C(=O)NC[C@@H](O)[C@@H]3Cc4ccc(OCc5ocnc5C)cc4CN3C(=O)OC(C)(C)C)nc(N3CCN(C(C)C)CC3)n2)C1. The highest BCUT2D eigenvalue weighted by atomic mass is 16.6. The van der Waals surface area contributed by atoms with Crippen molar-refractivity contribution in [1.82, 2.24) is 35.0 Å². The van der Waals surface area contributed by atoms with E-state index in [1.807, 2.05) is 25.1 Å². The second kappa shape index (κ2) is 16.2. The fourth-order valence-corrected chi connectivity index (χ4v) is 6.82. The third kappa shape index (κ3) is 9.39. The van der Waals surface area contributed by atoms with E-state index in [0.29, 0.717) is 61.9 Å². The van der Waals surface area contributed by atoms with Crippen LogP contribution in [-0.2, 0) is 29.1 Å². The van der Waals surface area contributed by atoms with Gasteiger partial charge in [-0.15, -0.1) is 0 Å². The van der Waals surface area contributed by atoms with Crippen LogP contribution in [0.15, 0.2) is 35.1 Å². The fraction of sp³-hybridized carbons (Fsp3) is 0.579. The number of aryl methyl sites for hydroxylation is 1. The predicted molar refractivity (Wildman–Crippen MR) is 200 cm³/mol. The maximum atomic E-state index is 13.7. The van der Waals surface area contributed by atoms with Gasteiger partial charge < -0.3 is 39.4 Å². The molecule has 2 atom stereocenters. The minimum Gasteiger partial charge on any atom is -0.486 e. The number of likely N-dealkylation sites (tertiary alicyclic amines) is 1. The number of benzene rings is 1. The Kier molecular flexibility index (Phi) is 11.6. The van der Waals surface area contributed by atoms with Gasteiger partial charge in [0, 0.05) is 71.4 Å². The lowest BCUT2D eigenvalue weighted by Crippen LogP contribution is -2.56. The van der Waals surface area contributed by atoms with E-state index in [9.17, 15) is 19.5 Å². The number of aromatic nitrogens is 3. The number of carbonyl (C=O) groups is 3. The number of hydrogen-bond acceptors (Lipinski definition) is 13. The summed E-state index contributed by atoms with van der Waals surface area (Å²) in [5, 5.41) is 17.8. The number of carbonyl (C=O) groups excluding carboxylic acids is 3.